The van der Waals surface area contributed by atoms with Crippen LogP contribution in [0.25, 0.3) is 22.0 Å². The molecule has 0 saturated heterocycles. The van der Waals surface area contributed by atoms with E-state index < -0.39 is 5.60 Å². The molecule has 0 bridgehead atoms. The summed E-state index contributed by atoms with van der Waals surface area (Å²) in [5.74, 6) is -0.235. The van der Waals surface area contributed by atoms with E-state index in [4.69, 9.17) is 0 Å². The van der Waals surface area contributed by atoms with Crippen molar-refractivity contribution < 1.29 is 9.50 Å². The Kier molecular flexibility index (Phi) is 3.71. The van der Waals surface area contributed by atoms with Gasteiger partial charge in [0.2, 0.25) is 0 Å². The minimum atomic E-state index is -0.697. The maximum atomic E-state index is 13.0. The average molecular weight is 298 g/mol. The molecule has 3 rings (SSSR count). The molecule has 0 saturated carbocycles. The maximum absolute atomic E-state index is 13.0. The van der Waals surface area contributed by atoms with Crippen LogP contribution in [0.15, 0.2) is 48.7 Å². The number of rotatable bonds is 4. The third-order valence-corrected chi connectivity index (χ3v) is 3.68. The Bertz CT molecular complexity index is 785. The van der Waals surface area contributed by atoms with Gasteiger partial charge in [0.05, 0.1) is 11.1 Å². The molecule has 114 valence electrons. The number of benzene rings is 2. The lowest BCUT2D eigenvalue weighted by atomic mass is 10.0. The van der Waals surface area contributed by atoms with Crippen LogP contribution in [0.3, 0.4) is 0 Å². The van der Waals surface area contributed by atoms with Crippen molar-refractivity contribution in [2.45, 2.75) is 32.4 Å². The summed E-state index contributed by atoms with van der Waals surface area (Å²) < 4.78 is 14.9. The van der Waals surface area contributed by atoms with Gasteiger partial charge in [-0.25, -0.2) is 4.39 Å². The van der Waals surface area contributed by atoms with Crippen molar-refractivity contribution in [1.82, 2.24) is 9.78 Å². The van der Waals surface area contributed by atoms with Gasteiger partial charge >= 0.3 is 0 Å². The highest BCUT2D eigenvalue weighted by Crippen LogP contribution is 2.24. The van der Waals surface area contributed by atoms with E-state index in [1.165, 1.54) is 12.1 Å². The first-order valence-electron chi connectivity index (χ1n) is 7.36. The summed E-state index contributed by atoms with van der Waals surface area (Å²) in [6.45, 7) is 4.26. The van der Waals surface area contributed by atoms with E-state index in [-0.39, 0.29) is 5.82 Å². The lowest BCUT2D eigenvalue weighted by Crippen LogP contribution is -2.21. The number of halogens is 1. The smallest absolute Gasteiger partial charge is 0.123 e. The molecule has 3 nitrogen and oxygen atoms in total. The van der Waals surface area contributed by atoms with Crippen molar-refractivity contribution >= 4 is 10.9 Å². The van der Waals surface area contributed by atoms with Gasteiger partial charge in [-0.3, -0.25) is 4.68 Å². The van der Waals surface area contributed by atoms with E-state index in [1.807, 2.05) is 29.1 Å². The predicted molar refractivity (Wildman–Crippen MR) is 86.0 cm³/mol. The molecule has 0 unspecified atom stereocenters. The van der Waals surface area contributed by atoms with Crippen LogP contribution in [0.4, 0.5) is 4.39 Å². The summed E-state index contributed by atoms with van der Waals surface area (Å²) in [5, 5.41) is 15.4. The fraction of sp³-hybridized carbons (Fsp3) is 0.278. The first-order chi connectivity index (χ1) is 10.4. The lowest BCUT2D eigenvalue weighted by Gasteiger charge is -2.16. The molecule has 0 atom stereocenters. The van der Waals surface area contributed by atoms with Gasteiger partial charge < -0.3 is 5.11 Å². The van der Waals surface area contributed by atoms with E-state index in [1.54, 1.807) is 26.0 Å². The van der Waals surface area contributed by atoms with Crippen LogP contribution in [-0.4, -0.2) is 20.5 Å². The Balaban J connectivity index is 1.88. The molecule has 22 heavy (non-hydrogen) atoms. The minimum absolute atomic E-state index is 0.235. The average Bonchev–Trinajstić information content (AvgIpc) is 2.87. The van der Waals surface area contributed by atoms with Crippen molar-refractivity contribution in [3.05, 3.63) is 54.5 Å². The minimum Gasteiger partial charge on any atom is -0.390 e. The van der Waals surface area contributed by atoms with Crippen molar-refractivity contribution in [2.75, 3.05) is 0 Å². The first kappa shape index (κ1) is 14.7. The number of hydrogen-bond acceptors (Lipinski definition) is 2. The monoisotopic (exact) mass is 298 g/mol. The molecular weight excluding hydrogens is 279 g/mol. The molecule has 0 spiro atoms. The molecule has 0 aliphatic heterocycles. The van der Waals surface area contributed by atoms with Gasteiger partial charge in [0.25, 0.3) is 0 Å². The Labute approximate surface area is 129 Å². The van der Waals surface area contributed by atoms with Crippen LogP contribution in [0, 0.1) is 5.82 Å². The predicted octanol–water partition coefficient (Wildman–Crippen LogP) is 4.00. The van der Waals surface area contributed by atoms with E-state index in [0.29, 0.717) is 13.0 Å². The van der Waals surface area contributed by atoms with Gasteiger partial charge in [0.15, 0.2) is 0 Å². The molecule has 2 aromatic carbocycles. The van der Waals surface area contributed by atoms with Gasteiger partial charge in [-0.1, -0.05) is 24.3 Å². The van der Waals surface area contributed by atoms with Crippen LogP contribution in [0.1, 0.15) is 20.3 Å². The number of aliphatic hydroxyl groups is 1. The highest BCUT2D eigenvalue weighted by molar-refractivity contribution is 5.83. The van der Waals surface area contributed by atoms with Crippen molar-refractivity contribution in [2.24, 2.45) is 0 Å². The third kappa shape index (κ3) is 3.34. The second-order valence-corrected chi connectivity index (χ2v) is 6.24. The number of aryl methyl sites for hydroxylation is 1. The summed E-state index contributed by atoms with van der Waals surface area (Å²) in [4.78, 5) is 0. The Morgan fingerprint density at radius 2 is 1.77 bits per heavy atom. The molecule has 0 radical (unpaired) electrons. The largest absolute Gasteiger partial charge is 0.390 e. The fourth-order valence-electron chi connectivity index (χ4n) is 2.39. The number of aromatic nitrogens is 2. The summed E-state index contributed by atoms with van der Waals surface area (Å²) in [5.41, 5.74) is 2.18. The van der Waals surface area contributed by atoms with E-state index in [9.17, 15) is 9.50 Å². The molecule has 3 aromatic rings. The summed E-state index contributed by atoms with van der Waals surface area (Å²) in [6.07, 6.45) is 2.63. The van der Waals surface area contributed by atoms with Gasteiger partial charge in [-0.2, -0.15) is 5.10 Å². The lowest BCUT2D eigenvalue weighted by molar-refractivity contribution is 0.0651. The van der Waals surface area contributed by atoms with E-state index >= 15 is 0 Å². The Hall–Kier alpha value is -2.20. The SMILES string of the molecule is CC(C)(O)CCn1cc2ccc(-c3ccc(F)cc3)cc2n1. The summed E-state index contributed by atoms with van der Waals surface area (Å²) in [6, 6.07) is 12.5. The molecule has 0 fully saturated rings. The first-order valence-corrected chi connectivity index (χ1v) is 7.36. The second kappa shape index (κ2) is 5.54. The summed E-state index contributed by atoms with van der Waals surface area (Å²) >= 11 is 0. The van der Waals surface area contributed by atoms with E-state index in [2.05, 4.69) is 5.10 Å². The van der Waals surface area contributed by atoms with Gasteiger partial charge in [0.1, 0.15) is 5.82 Å². The molecule has 1 aromatic heterocycles. The van der Waals surface area contributed by atoms with Crippen molar-refractivity contribution in [3.8, 4) is 11.1 Å². The number of nitrogens with zero attached hydrogens (tertiary/aromatic N) is 2. The molecule has 0 amide bonds. The van der Waals surface area contributed by atoms with Gasteiger partial charge in [-0.15, -0.1) is 0 Å². The highest BCUT2D eigenvalue weighted by Gasteiger charge is 2.13. The van der Waals surface area contributed by atoms with Crippen LogP contribution < -0.4 is 0 Å². The molecule has 4 heteroatoms. The molecule has 1 heterocycles. The Morgan fingerprint density at radius 1 is 1.09 bits per heavy atom. The molecular formula is C18H19FN2O. The normalized spacial score (nSPS) is 12.0. The maximum Gasteiger partial charge on any atom is 0.123 e. The topological polar surface area (TPSA) is 38.0 Å². The van der Waals surface area contributed by atoms with Gasteiger partial charge in [-0.05, 0) is 49.6 Å². The standard InChI is InChI=1S/C18H19FN2O/c1-18(2,22)9-10-21-12-15-4-3-14(11-17(15)20-21)13-5-7-16(19)8-6-13/h3-8,11-12,22H,9-10H2,1-2H3. The molecule has 0 aliphatic rings. The fourth-order valence-corrected chi connectivity index (χ4v) is 2.39. The zero-order chi connectivity index (χ0) is 15.7. The highest BCUT2D eigenvalue weighted by atomic mass is 19.1. The van der Waals surface area contributed by atoms with Crippen molar-refractivity contribution in [1.29, 1.82) is 0 Å². The second-order valence-electron chi connectivity index (χ2n) is 6.24. The van der Waals surface area contributed by atoms with Crippen LogP contribution >= 0.6 is 0 Å². The Morgan fingerprint density at radius 3 is 2.45 bits per heavy atom. The van der Waals surface area contributed by atoms with Gasteiger partial charge in [0, 0.05) is 18.1 Å². The number of fused-ring (bicyclic) bond motifs is 1. The number of hydrogen-bond donors (Lipinski definition) is 1. The zero-order valence-corrected chi connectivity index (χ0v) is 12.8. The van der Waals surface area contributed by atoms with Crippen LogP contribution in [0.2, 0.25) is 0 Å². The van der Waals surface area contributed by atoms with Crippen molar-refractivity contribution in [3.63, 3.8) is 0 Å². The van der Waals surface area contributed by atoms with E-state index in [0.717, 1.165) is 22.0 Å². The molecule has 1 N–H and O–H groups in total. The zero-order valence-electron chi connectivity index (χ0n) is 12.8. The quantitative estimate of drug-likeness (QED) is 0.790. The summed E-state index contributed by atoms with van der Waals surface area (Å²) in [7, 11) is 0. The third-order valence-electron chi connectivity index (χ3n) is 3.68. The molecule has 0 aliphatic carbocycles. The van der Waals surface area contributed by atoms with Crippen LogP contribution in [0.5, 0.6) is 0 Å². The van der Waals surface area contributed by atoms with Crippen LogP contribution in [-0.2, 0) is 6.54 Å².